The van der Waals surface area contributed by atoms with Crippen molar-refractivity contribution < 1.29 is 4.74 Å². The molecule has 1 atom stereocenters. The molecule has 1 rings (SSSR count). The van der Waals surface area contributed by atoms with Gasteiger partial charge in [-0.25, -0.2) is 0 Å². The molecule has 0 aliphatic heterocycles. The van der Waals surface area contributed by atoms with Crippen LogP contribution in [0.5, 0.6) is 5.88 Å². The molecule has 0 bridgehead atoms. The molecule has 0 aromatic carbocycles. The van der Waals surface area contributed by atoms with Gasteiger partial charge in [-0.1, -0.05) is 0 Å². The van der Waals surface area contributed by atoms with Crippen LogP contribution in [0.2, 0.25) is 0 Å². The Labute approximate surface area is 82.7 Å². The zero-order chi connectivity index (χ0) is 10.4. The van der Waals surface area contributed by atoms with E-state index >= 15 is 0 Å². The highest BCUT2D eigenvalue weighted by molar-refractivity contribution is 5.35. The Kier molecular flexibility index (Phi) is 3.83. The van der Waals surface area contributed by atoms with E-state index in [0.717, 1.165) is 0 Å². The number of nitrogens with zero attached hydrogens (tertiary/aromatic N) is 3. The van der Waals surface area contributed by atoms with Gasteiger partial charge in [-0.3, -0.25) is 0 Å². The summed E-state index contributed by atoms with van der Waals surface area (Å²) in [6.45, 7) is 2.59. The summed E-state index contributed by atoms with van der Waals surface area (Å²) in [5.74, 6) is 0.290. The van der Waals surface area contributed by atoms with Crippen LogP contribution in [-0.4, -0.2) is 29.9 Å². The molecular weight excluding hydrogens is 180 g/mol. The molecule has 0 aliphatic rings. The smallest absolute Gasteiger partial charge is 0.251 e. The highest BCUT2D eigenvalue weighted by atomic mass is 16.5. The van der Waals surface area contributed by atoms with Crippen LogP contribution >= 0.6 is 0 Å². The van der Waals surface area contributed by atoms with E-state index in [1.807, 2.05) is 20.0 Å². The summed E-state index contributed by atoms with van der Waals surface area (Å²) in [6, 6.07) is 3.57. The van der Waals surface area contributed by atoms with Crippen molar-refractivity contribution in [3.05, 3.63) is 17.8 Å². The SMILES string of the molecule is CNCC(C)Oc1nnccc1C#N. The van der Waals surface area contributed by atoms with Crippen molar-refractivity contribution >= 4 is 0 Å². The third-order valence-corrected chi connectivity index (χ3v) is 1.61. The maximum absolute atomic E-state index is 8.75. The highest BCUT2D eigenvalue weighted by Gasteiger charge is 2.08. The summed E-state index contributed by atoms with van der Waals surface area (Å²) in [4.78, 5) is 0. The Hall–Kier alpha value is -1.67. The van der Waals surface area contributed by atoms with Crippen molar-refractivity contribution in [1.82, 2.24) is 15.5 Å². The largest absolute Gasteiger partial charge is 0.471 e. The minimum absolute atomic E-state index is 0.0381. The van der Waals surface area contributed by atoms with Crippen molar-refractivity contribution in [3.63, 3.8) is 0 Å². The monoisotopic (exact) mass is 192 g/mol. The van der Waals surface area contributed by atoms with Gasteiger partial charge in [-0.2, -0.15) is 10.4 Å². The minimum Gasteiger partial charge on any atom is -0.471 e. The molecule has 74 valence electrons. The van der Waals surface area contributed by atoms with Crippen LogP contribution in [0.1, 0.15) is 12.5 Å². The van der Waals surface area contributed by atoms with Gasteiger partial charge in [0.25, 0.3) is 5.88 Å². The highest BCUT2D eigenvalue weighted by Crippen LogP contribution is 2.12. The molecular formula is C9H12N4O. The number of aromatic nitrogens is 2. The van der Waals surface area contributed by atoms with E-state index in [2.05, 4.69) is 15.5 Å². The van der Waals surface area contributed by atoms with Crippen LogP contribution in [0.25, 0.3) is 0 Å². The van der Waals surface area contributed by atoms with Gasteiger partial charge >= 0.3 is 0 Å². The molecule has 0 saturated heterocycles. The molecule has 1 heterocycles. The summed E-state index contributed by atoms with van der Waals surface area (Å²) >= 11 is 0. The topological polar surface area (TPSA) is 70.8 Å². The molecule has 0 amide bonds. The molecule has 5 heteroatoms. The molecule has 1 aromatic heterocycles. The van der Waals surface area contributed by atoms with Crippen LogP contribution in [0.3, 0.4) is 0 Å². The fourth-order valence-corrected chi connectivity index (χ4v) is 1.01. The number of hydrogen-bond acceptors (Lipinski definition) is 5. The van der Waals surface area contributed by atoms with Crippen molar-refractivity contribution in [2.24, 2.45) is 0 Å². The fraction of sp³-hybridized carbons (Fsp3) is 0.444. The second kappa shape index (κ2) is 5.14. The summed E-state index contributed by atoms with van der Waals surface area (Å²) < 4.78 is 5.42. The van der Waals surface area contributed by atoms with Gasteiger partial charge in [0.2, 0.25) is 0 Å². The Bertz CT molecular complexity index is 334. The average Bonchev–Trinajstić information content (AvgIpc) is 2.19. The molecule has 1 unspecified atom stereocenters. The number of ether oxygens (including phenoxy) is 1. The lowest BCUT2D eigenvalue weighted by atomic mass is 10.3. The zero-order valence-corrected chi connectivity index (χ0v) is 8.19. The lowest BCUT2D eigenvalue weighted by Crippen LogP contribution is -2.26. The van der Waals surface area contributed by atoms with Crippen LogP contribution in [0.15, 0.2) is 12.3 Å². The molecule has 0 saturated carbocycles. The van der Waals surface area contributed by atoms with Gasteiger partial charge in [-0.15, -0.1) is 5.10 Å². The second-order valence-corrected chi connectivity index (χ2v) is 2.85. The van der Waals surface area contributed by atoms with Crippen molar-refractivity contribution in [1.29, 1.82) is 5.26 Å². The van der Waals surface area contributed by atoms with E-state index in [1.165, 1.54) is 6.20 Å². The molecule has 0 spiro atoms. The Morgan fingerprint density at radius 3 is 3.14 bits per heavy atom. The Morgan fingerprint density at radius 1 is 1.71 bits per heavy atom. The summed E-state index contributed by atoms with van der Waals surface area (Å²) in [6.07, 6.45) is 1.43. The maximum Gasteiger partial charge on any atom is 0.251 e. The first-order valence-electron chi connectivity index (χ1n) is 4.31. The van der Waals surface area contributed by atoms with Gasteiger partial charge in [-0.05, 0) is 20.0 Å². The first kappa shape index (κ1) is 10.4. The summed E-state index contributed by atoms with van der Waals surface area (Å²) in [7, 11) is 1.84. The van der Waals surface area contributed by atoms with E-state index in [-0.39, 0.29) is 12.0 Å². The fourth-order valence-electron chi connectivity index (χ4n) is 1.01. The van der Waals surface area contributed by atoms with Gasteiger partial charge in [0, 0.05) is 6.54 Å². The van der Waals surface area contributed by atoms with E-state index in [9.17, 15) is 0 Å². The van der Waals surface area contributed by atoms with E-state index in [4.69, 9.17) is 10.00 Å². The van der Waals surface area contributed by atoms with E-state index < -0.39 is 0 Å². The van der Waals surface area contributed by atoms with E-state index in [1.54, 1.807) is 6.07 Å². The van der Waals surface area contributed by atoms with Gasteiger partial charge in [0.1, 0.15) is 17.7 Å². The van der Waals surface area contributed by atoms with Crippen LogP contribution in [-0.2, 0) is 0 Å². The molecule has 1 N–H and O–H groups in total. The molecule has 0 radical (unpaired) electrons. The molecule has 5 nitrogen and oxygen atoms in total. The standard InChI is InChI=1S/C9H12N4O/c1-7(6-11-2)14-9-8(5-10)3-4-12-13-9/h3-4,7,11H,6H2,1-2H3. The number of nitriles is 1. The first-order chi connectivity index (χ1) is 6.77. The van der Waals surface area contributed by atoms with Gasteiger partial charge in [0.15, 0.2) is 0 Å². The quantitative estimate of drug-likeness (QED) is 0.744. The van der Waals surface area contributed by atoms with Gasteiger partial charge in [0.05, 0.1) is 6.20 Å². The summed E-state index contributed by atoms with van der Waals surface area (Å²) in [5.41, 5.74) is 0.406. The van der Waals surface area contributed by atoms with Crippen molar-refractivity contribution in [2.45, 2.75) is 13.0 Å². The number of rotatable bonds is 4. The lowest BCUT2D eigenvalue weighted by Gasteiger charge is -2.12. The third-order valence-electron chi connectivity index (χ3n) is 1.61. The van der Waals surface area contributed by atoms with Crippen molar-refractivity contribution in [2.75, 3.05) is 13.6 Å². The summed E-state index contributed by atoms with van der Waals surface area (Å²) in [5, 5.41) is 19.1. The molecule has 14 heavy (non-hydrogen) atoms. The predicted octanol–water partition coefficient (Wildman–Crippen LogP) is 0.335. The lowest BCUT2D eigenvalue weighted by molar-refractivity contribution is 0.209. The average molecular weight is 192 g/mol. The zero-order valence-electron chi connectivity index (χ0n) is 8.19. The molecule has 0 aliphatic carbocycles. The maximum atomic E-state index is 8.75. The second-order valence-electron chi connectivity index (χ2n) is 2.85. The Balaban J connectivity index is 2.71. The minimum atomic E-state index is -0.0381. The first-order valence-corrected chi connectivity index (χ1v) is 4.31. The van der Waals surface area contributed by atoms with Crippen molar-refractivity contribution in [3.8, 4) is 11.9 Å². The Morgan fingerprint density at radius 2 is 2.50 bits per heavy atom. The predicted molar refractivity (Wildman–Crippen MR) is 50.8 cm³/mol. The number of likely N-dealkylation sites (N-methyl/N-ethyl adjacent to an activating group) is 1. The number of nitrogens with one attached hydrogen (secondary N) is 1. The third kappa shape index (κ3) is 2.68. The van der Waals surface area contributed by atoms with Gasteiger partial charge < -0.3 is 10.1 Å². The number of hydrogen-bond donors (Lipinski definition) is 1. The van der Waals surface area contributed by atoms with Crippen LogP contribution in [0, 0.1) is 11.3 Å². The normalized spacial score (nSPS) is 11.8. The molecule has 0 fully saturated rings. The van der Waals surface area contributed by atoms with E-state index in [0.29, 0.717) is 12.1 Å². The van der Waals surface area contributed by atoms with Crippen LogP contribution < -0.4 is 10.1 Å². The van der Waals surface area contributed by atoms with Crippen LogP contribution in [0.4, 0.5) is 0 Å². The molecule has 1 aromatic rings.